The highest BCUT2D eigenvalue weighted by Gasteiger charge is 2.25. The van der Waals surface area contributed by atoms with Gasteiger partial charge in [-0.1, -0.05) is 84.9 Å². The van der Waals surface area contributed by atoms with Gasteiger partial charge < -0.3 is 8.83 Å². The molecule has 12 aromatic rings. The third-order valence-corrected chi connectivity index (χ3v) is 10.3. The topological polar surface area (TPSA) is 57.0 Å². The number of rotatable bonds is 2. The van der Waals surface area contributed by atoms with Crippen molar-refractivity contribution in [1.82, 2.24) is 14.5 Å². The van der Waals surface area contributed by atoms with E-state index in [0.717, 1.165) is 110 Å². The fraction of sp³-hybridized carbons (Fsp3) is 0. The molecule has 12 rings (SSSR count). The molecule has 0 aliphatic rings. The van der Waals surface area contributed by atoms with Crippen molar-refractivity contribution in [2.75, 3.05) is 0 Å². The van der Waals surface area contributed by atoms with Crippen LogP contribution < -0.4 is 0 Å². The fourth-order valence-corrected chi connectivity index (χ4v) is 8.29. The van der Waals surface area contributed by atoms with Gasteiger partial charge in [0.15, 0.2) is 5.82 Å². The first kappa shape index (κ1) is 25.4. The van der Waals surface area contributed by atoms with Gasteiger partial charge in [-0.05, 0) is 76.1 Å². The largest absolute Gasteiger partial charge is 0.456 e. The minimum Gasteiger partial charge on any atom is -0.456 e. The van der Waals surface area contributed by atoms with E-state index in [0.29, 0.717) is 0 Å². The molecule has 4 heterocycles. The number of hydrogen-bond acceptors (Lipinski definition) is 4. The van der Waals surface area contributed by atoms with E-state index in [1.807, 2.05) is 42.5 Å². The molecule has 5 nitrogen and oxygen atoms in total. The SMILES string of the molecule is c1ccc(-c2nc3ccccc3nc2-n2c3cccc4c5cc6c(cc5c5cccc7oc8ccc2c(c8c75)c43)oc2ccccc26)cc1. The van der Waals surface area contributed by atoms with Gasteiger partial charge >= 0.3 is 0 Å². The lowest BCUT2D eigenvalue weighted by atomic mass is 9.93. The lowest BCUT2D eigenvalue weighted by molar-refractivity contribution is 0.669. The molecule has 0 radical (unpaired) electrons. The molecule has 0 saturated heterocycles. The first-order chi connectivity index (χ1) is 24.3. The van der Waals surface area contributed by atoms with Crippen LogP contribution in [0.5, 0.6) is 0 Å². The van der Waals surface area contributed by atoms with Crippen molar-refractivity contribution in [3.05, 3.63) is 140 Å². The molecule has 0 saturated carbocycles. The highest BCUT2D eigenvalue weighted by molar-refractivity contribution is 6.38. The van der Waals surface area contributed by atoms with Crippen LogP contribution in [0.25, 0.3) is 115 Å². The van der Waals surface area contributed by atoms with Gasteiger partial charge in [0.25, 0.3) is 0 Å². The van der Waals surface area contributed by atoms with E-state index < -0.39 is 0 Å². The average molecular weight is 626 g/mol. The van der Waals surface area contributed by atoms with Crippen LogP contribution in [0.15, 0.2) is 148 Å². The highest BCUT2D eigenvalue weighted by Crippen LogP contribution is 2.48. The number of para-hydroxylation sites is 3. The first-order valence-electron chi connectivity index (χ1n) is 16.5. The Hall–Kier alpha value is -6.72. The van der Waals surface area contributed by atoms with Crippen molar-refractivity contribution in [3.63, 3.8) is 0 Å². The molecule has 49 heavy (non-hydrogen) atoms. The van der Waals surface area contributed by atoms with E-state index in [4.69, 9.17) is 18.8 Å². The Labute approximate surface area is 277 Å². The molecule has 8 aromatic carbocycles. The van der Waals surface area contributed by atoms with Gasteiger partial charge in [-0.15, -0.1) is 0 Å². The fourth-order valence-electron chi connectivity index (χ4n) is 8.29. The van der Waals surface area contributed by atoms with Gasteiger partial charge in [0.2, 0.25) is 0 Å². The average Bonchev–Trinajstić information content (AvgIpc) is 3.82. The van der Waals surface area contributed by atoms with Gasteiger partial charge in [-0.3, -0.25) is 4.57 Å². The second-order valence-electron chi connectivity index (χ2n) is 12.9. The van der Waals surface area contributed by atoms with Crippen LogP contribution in [0.2, 0.25) is 0 Å². The van der Waals surface area contributed by atoms with Crippen LogP contribution in [-0.4, -0.2) is 14.5 Å². The summed E-state index contributed by atoms with van der Waals surface area (Å²) in [6.07, 6.45) is 0. The Kier molecular flexibility index (Phi) is 4.66. The Balaban J connectivity index is 1.36. The quantitative estimate of drug-likeness (QED) is 0.192. The molecule has 0 N–H and O–H groups in total. The van der Waals surface area contributed by atoms with Crippen LogP contribution in [0.4, 0.5) is 0 Å². The van der Waals surface area contributed by atoms with Crippen LogP contribution in [0.1, 0.15) is 0 Å². The molecule has 0 fully saturated rings. The lowest BCUT2D eigenvalue weighted by Crippen LogP contribution is -2.03. The molecular weight excluding hydrogens is 603 g/mol. The number of furan rings is 2. The monoisotopic (exact) mass is 625 g/mol. The molecule has 0 spiro atoms. The van der Waals surface area contributed by atoms with Gasteiger partial charge in [0.05, 0.1) is 22.1 Å². The molecule has 0 aliphatic carbocycles. The van der Waals surface area contributed by atoms with Crippen molar-refractivity contribution in [2.24, 2.45) is 0 Å². The van der Waals surface area contributed by atoms with Gasteiger partial charge in [-0.25, -0.2) is 9.97 Å². The third-order valence-electron chi connectivity index (χ3n) is 10.3. The summed E-state index contributed by atoms with van der Waals surface area (Å²) in [5, 5.41) is 11.3. The number of fused-ring (bicyclic) bond motifs is 7. The van der Waals surface area contributed by atoms with E-state index in [2.05, 4.69) is 102 Å². The van der Waals surface area contributed by atoms with E-state index in [1.165, 1.54) is 5.39 Å². The van der Waals surface area contributed by atoms with Crippen LogP contribution >= 0.6 is 0 Å². The highest BCUT2D eigenvalue weighted by atomic mass is 16.3. The zero-order valence-electron chi connectivity index (χ0n) is 25.9. The predicted octanol–water partition coefficient (Wildman–Crippen LogP) is 11.9. The number of benzene rings is 7. The molecule has 0 atom stereocenters. The molecule has 5 heteroatoms. The maximum atomic E-state index is 6.63. The Morgan fingerprint density at radius 3 is 1.94 bits per heavy atom. The van der Waals surface area contributed by atoms with Crippen molar-refractivity contribution < 1.29 is 8.83 Å². The van der Waals surface area contributed by atoms with E-state index in [-0.39, 0.29) is 0 Å². The Bertz CT molecular complexity index is 3330. The second-order valence-corrected chi connectivity index (χ2v) is 12.9. The first-order valence-corrected chi connectivity index (χ1v) is 16.5. The molecule has 0 aliphatic heterocycles. The van der Waals surface area contributed by atoms with Gasteiger partial charge in [-0.2, -0.15) is 0 Å². The van der Waals surface area contributed by atoms with Crippen molar-refractivity contribution in [1.29, 1.82) is 0 Å². The van der Waals surface area contributed by atoms with Crippen LogP contribution in [-0.2, 0) is 0 Å². The van der Waals surface area contributed by atoms with Crippen LogP contribution in [0, 0.1) is 0 Å². The predicted molar refractivity (Wildman–Crippen MR) is 200 cm³/mol. The summed E-state index contributed by atoms with van der Waals surface area (Å²) in [6.45, 7) is 0. The van der Waals surface area contributed by atoms with E-state index in [1.54, 1.807) is 0 Å². The van der Waals surface area contributed by atoms with Crippen molar-refractivity contribution >= 4 is 98.3 Å². The normalized spacial score (nSPS) is 12.5. The van der Waals surface area contributed by atoms with E-state index in [9.17, 15) is 0 Å². The maximum absolute atomic E-state index is 6.63. The zero-order valence-corrected chi connectivity index (χ0v) is 25.9. The van der Waals surface area contributed by atoms with Crippen molar-refractivity contribution in [3.8, 4) is 17.1 Å². The Morgan fingerprint density at radius 1 is 0.388 bits per heavy atom. The summed E-state index contributed by atoms with van der Waals surface area (Å²) in [7, 11) is 0. The molecule has 4 aromatic heterocycles. The summed E-state index contributed by atoms with van der Waals surface area (Å²) < 4.78 is 15.4. The summed E-state index contributed by atoms with van der Waals surface area (Å²) in [5.74, 6) is 0.796. The minimum atomic E-state index is 0.796. The minimum absolute atomic E-state index is 0.796. The zero-order chi connectivity index (χ0) is 31.8. The number of aromatic nitrogens is 3. The lowest BCUT2D eigenvalue weighted by Gasteiger charge is -2.13. The smallest absolute Gasteiger partial charge is 0.165 e. The van der Waals surface area contributed by atoms with Crippen molar-refractivity contribution in [2.45, 2.75) is 0 Å². The summed E-state index contributed by atoms with van der Waals surface area (Å²) >= 11 is 0. The second kappa shape index (κ2) is 9.00. The third kappa shape index (κ3) is 3.24. The van der Waals surface area contributed by atoms with Gasteiger partial charge in [0, 0.05) is 37.9 Å². The van der Waals surface area contributed by atoms with Crippen LogP contribution in [0.3, 0.4) is 0 Å². The maximum Gasteiger partial charge on any atom is 0.165 e. The number of hydrogen-bond donors (Lipinski definition) is 0. The standard InChI is InChI=1S/C44H23N3O2/c1-2-10-24(11-3-1)43-44(46-32-16-6-5-15-31(32)45-43)47-33-17-8-13-26-28-22-30-25-12-4-7-18-35(25)48-38(30)23-29(28)27-14-9-19-36-40(27)42-37(49-36)21-20-34(47)41(42)39(26)33/h1-23H. The summed E-state index contributed by atoms with van der Waals surface area (Å²) in [5.41, 5.74) is 9.19. The Morgan fingerprint density at radius 2 is 1.04 bits per heavy atom. The molecule has 0 amide bonds. The van der Waals surface area contributed by atoms with E-state index >= 15 is 0 Å². The molecule has 0 bridgehead atoms. The number of nitrogens with zero attached hydrogens (tertiary/aromatic N) is 3. The summed E-state index contributed by atoms with van der Waals surface area (Å²) in [6, 6.07) is 48.6. The molecular formula is C44H23N3O2. The summed E-state index contributed by atoms with van der Waals surface area (Å²) in [4.78, 5) is 10.6. The van der Waals surface area contributed by atoms with Gasteiger partial charge in [0.1, 0.15) is 28.0 Å². The molecule has 0 unspecified atom stereocenters. The molecule has 226 valence electrons.